The second-order valence-corrected chi connectivity index (χ2v) is 7.38. The quantitative estimate of drug-likeness (QED) is 0.358. The van der Waals surface area contributed by atoms with Crippen LogP contribution in [0.1, 0.15) is 31.1 Å². The maximum Gasteiger partial charge on any atom is 0.277 e. The van der Waals surface area contributed by atoms with E-state index in [2.05, 4.69) is 34.4 Å². The van der Waals surface area contributed by atoms with E-state index in [9.17, 15) is 18.8 Å². The van der Waals surface area contributed by atoms with E-state index in [1.54, 1.807) is 0 Å². The fourth-order valence-electron chi connectivity index (χ4n) is 2.58. The highest BCUT2D eigenvalue weighted by molar-refractivity contribution is 7.99. The van der Waals surface area contributed by atoms with Crippen molar-refractivity contribution in [3.8, 4) is 0 Å². The molecule has 10 heteroatoms. The first kappa shape index (κ1) is 22.6. The van der Waals surface area contributed by atoms with Gasteiger partial charge in [-0.05, 0) is 38.1 Å². The maximum atomic E-state index is 13.0. The van der Waals surface area contributed by atoms with E-state index in [4.69, 9.17) is 0 Å². The van der Waals surface area contributed by atoms with Crippen LogP contribution >= 0.6 is 11.8 Å². The normalized spacial score (nSPS) is 10.8. The Bertz CT molecular complexity index is 913. The van der Waals surface area contributed by atoms with Crippen molar-refractivity contribution in [3.63, 3.8) is 0 Å². The molecule has 0 saturated carbocycles. The fourth-order valence-corrected chi connectivity index (χ4v) is 3.48. The van der Waals surface area contributed by atoms with Gasteiger partial charge in [-0.2, -0.15) is 0 Å². The highest BCUT2D eigenvalue weighted by Crippen LogP contribution is 2.19. The fraction of sp³-hybridized carbons (Fsp3) is 0.368. The molecular formula is C19H25FN5O3S+. The number of hydrogen-bond acceptors (Lipinski definition) is 5. The van der Waals surface area contributed by atoms with Gasteiger partial charge in [0.1, 0.15) is 5.82 Å². The van der Waals surface area contributed by atoms with Crippen LogP contribution in [0.2, 0.25) is 0 Å². The molecule has 0 saturated heterocycles. The van der Waals surface area contributed by atoms with Gasteiger partial charge in [-0.15, -0.1) is 0 Å². The Morgan fingerprint density at radius 1 is 1.17 bits per heavy atom. The van der Waals surface area contributed by atoms with Gasteiger partial charge >= 0.3 is 0 Å². The lowest BCUT2D eigenvalue weighted by Crippen LogP contribution is -3.11. The molecule has 0 radical (unpaired) electrons. The van der Waals surface area contributed by atoms with Gasteiger partial charge < -0.3 is 15.5 Å². The van der Waals surface area contributed by atoms with Gasteiger partial charge in [-0.25, -0.2) is 9.37 Å². The van der Waals surface area contributed by atoms with E-state index in [0.29, 0.717) is 5.16 Å². The third kappa shape index (κ3) is 6.68. The van der Waals surface area contributed by atoms with E-state index < -0.39 is 23.2 Å². The molecule has 0 fully saturated rings. The number of carbonyl (C=O) groups excluding carboxylic acids is 2. The van der Waals surface area contributed by atoms with Gasteiger partial charge in [0.05, 0.1) is 25.4 Å². The first-order valence-corrected chi connectivity index (χ1v) is 10.3. The molecule has 0 bridgehead atoms. The smallest absolute Gasteiger partial charge is 0.277 e. The van der Waals surface area contributed by atoms with E-state index in [-0.39, 0.29) is 17.1 Å². The molecule has 0 aliphatic heterocycles. The number of nitrogens with one attached hydrogen (secondary N) is 4. The van der Waals surface area contributed by atoms with Gasteiger partial charge in [0.2, 0.25) is 5.91 Å². The molecule has 1 aromatic carbocycles. The van der Waals surface area contributed by atoms with E-state index in [0.717, 1.165) is 37.5 Å². The molecule has 1 aromatic heterocycles. The number of aromatic nitrogens is 2. The third-order valence-electron chi connectivity index (χ3n) is 4.23. The van der Waals surface area contributed by atoms with Crippen LogP contribution in [0.4, 0.5) is 15.9 Å². The molecule has 156 valence electrons. The van der Waals surface area contributed by atoms with E-state index >= 15 is 0 Å². The molecular weight excluding hydrogens is 397 g/mol. The van der Waals surface area contributed by atoms with Crippen LogP contribution in [0, 0.1) is 5.82 Å². The number of rotatable bonds is 9. The lowest BCUT2D eigenvalue weighted by molar-refractivity contribution is -0.893. The van der Waals surface area contributed by atoms with Gasteiger partial charge in [0.15, 0.2) is 16.7 Å². The number of anilines is 2. The molecule has 0 aliphatic carbocycles. The lowest BCUT2D eigenvalue weighted by atomic mass is 10.2. The van der Waals surface area contributed by atoms with Crippen LogP contribution in [-0.2, 0) is 4.79 Å². The number of nitrogens with zero attached hydrogens (tertiary/aromatic N) is 1. The largest absolute Gasteiger partial charge is 0.335 e. The third-order valence-corrected chi connectivity index (χ3v) is 5.11. The standard InChI is InChI=1S/C19H24FN5O3S/c1-4-25(5-2)10-11-29-19-23-16(21-12(3)26)15(18(28)24-19)22-17(27)13-6-8-14(20)9-7-13/h6-9H,4-5,10-11H2,1-3H3,(H,22,27)(H2,21,23,24,26,28)/p+1. The highest BCUT2D eigenvalue weighted by atomic mass is 32.2. The molecule has 8 nitrogen and oxygen atoms in total. The molecule has 4 N–H and O–H groups in total. The average Bonchev–Trinajstić information content (AvgIpc) is 2.68. The molecule has 2 rings (SSSR count). The van der Waals surface area contributed by atoms with Crippen molar-refractivity contribution in [1.82, 2.24) is 9.97 Å². The highest BCUT2D eigenvalue weighted by Gasteiger charge is 2.17. The summed E-state index contributed by atoms with van der Waals surface area (Å²) < 4.78 is 13.0. The SMILES string of the molecule is CC[NH+](CC)CCSc1nc(NC(C)=O)c(NC(=O)c2ccc(F)cc2)c(=O)[nH]1. The van der Waals surface area contributed by atoms with Crippen molar-refractivity contribution in [2.45, 2.75) is 25.9 Å². The van der Waals surface area contributed by atoms with E-state index in [1.807, 2.05) is 0 Å². The molecule has 0 unspecified atom stereocenters. The summed E-state index contributed by atoms with van der Waals surface area (Å²) in [5.41, 5.74) is -0.592. The number of benzene rings is 1. The zero-order valence-corrected chi connectivity index (χ0v) is 17.4. The lowest BCUT2D eigenvalue weighted by Gasteiger charge is -2.15. The van der Waals surface area contributed by atoms with Crippen molar-refractivity contribution >= 4 is 35.1 Å². The summed E-state index contributed by atoms with van der Waals surface area (Å²) in [5.74, 6) is -0.818. The topological polar surface area (TPSA) is 108 Å². The van der Waals surface area contributed by atoms with Gasteiger partial charge in [0.25, 0.3) is 11.5 Å². The van der Waals surface area contributed by atoms with Crippen molar-refractivity contribution < 1.29 is 18.9 Å². The average molecular weight is 423 g/mol. The predicted octanol–water partition coefficient (Wildman–Crippen LogP) is 1.14. The summed E-state index contributed by atoms with van der Waals surface area (Å²) in [5, 5.41) is 5.27. The number of halogens is 1. The summed E-state index contributed by atoms with van der Waals surface area (Å²) in [6.07, 6.45) is 0. The number of aromatic amines is 1. The Balaban J connectivity index is 2.22. The Kier molecular flexibility index (Phi) is 8.34. The number of quaternary nitrogens is 1. The number of H-pyrrole nitrogens is 1. The zero-order chi connectivity index (χ0) is 21.4. The van der Waals surface area contributed by atoms with Gasteiger partial charge in [0, 0.05) is 12.5 Å². The molecule has 0 aliphatic rings. The second kappa shape index (κ2) is 10.7. The first-order chi connectivity index (χ1) is 13.8. The first-order valence-electron chi connectivity index (χ1n) is 9.29. The summed E-state index contributed by atoms with van der Waals surface area (Å²) in [7, 11) is 0. The molecule has 29 heavy (non-hydrogen) atoms. The number of carbonyl (C=O) groups is 2. The van der Waals surface area contributed by atoms with Crippen molar-refractivity contribution in [1.29, 1.82) is 0 Å². The predicted molar refractivity (Wildman–Crippen MR) is 111 cm³/mol. The Morgan fingerprint density at radius 3 is 2.41 bits per heavy atom. The Labute approximate surface area is 172 Å². The van der Waals surface area contributed by atoms with Crippen LogP contribution in [0.15, 0.2) is 34.2 Å². The second-order valence-electron chi connectivity index (χ2n) is 6.29. The Hall–Kier alpha value is -2.72. The summed E-state index contributed by atoms with van der Waals surface area (Å²) in [4.78, 5) is 44.8. The molecule has 0 spiro atoms. The Morgan fingerprint density at radius 2 is 1.83 bits per heavy atom. The van der Waals surface area contributed by atoms with Crippen LogP contribution < -0.4 is 21.1 Å². The van der Waals surface area contributed by atoms with E-state index in [1.165, 1.54) is 35.7 Å². The molecule has 1 heterocycles. The number of hydrogen-bond donors (Lipinski definition) is 4. The van der Waals surface area contributed by atoms with Crippen molar-refractivity contribution in [2.24, 2.45) is 0 Å². The van der Waals surface area contributed by atoms with Crippen LogP contribution in [0.5, 0.6) is 0 Å². The number of thioether (sulfide) groups is 1. The minimum Gasteiger partial charge on any atom is -0.335 e. The van der Waals surface area contributed by atoms with Crippen LogP contribution in [0.25, 0.3) is 0 Å². The van der Waals surface area contributed by atoms with Gasteiger partial charge in [-0.1, -0.05) is 11.8 Å². The molecule has 0 atom stereocenters. The minimum atomic E-state index is -0.616. The zero-order valence-electron chi connectivity index (χ0n) is 16.6. The van der Waals surface area contributed by atoms with Crippen molar-refractivity contribution in [3.05, 3.63) is 46.0 Å². The van der Waals surface area contributed by atoms with Crippen LogP contribution in [-0.4, -0.2) is 47.2 Å². The molecule has 2 amide bonds. The maximum absolute atomic E-state index is 13.0. The van der Waals surface area contributed by atoms with Crippen molar-refractivity contribution in [2.75, 3.05) is 36.0 Å². The van der Waals surface area contributed by atoms with Gasteiger partial charge in [-0.3, -0.25) is 19.4 Å². The summed E-state index contributed by atoms with van der Waals surface area (Å²) in [6.45, 7) is 8.41. The summed E-state index contributed by atoms with van der Waals surface area (Å²) in [6, 6.07) is 4.88. The summed E-state index contributed by atoms with van der Waals surface area (Å²) >= 11 is 1.37. The minimum absolute atomic E-state index is 0.0330. The number of amides is 2. The monoisotopic (exact) mass is 422 g/mol. The van der Waals surface area contributed by atoms with Crippen LogP contribution in [0.3, 0.4) is 0 Å². The molecule has 2 aromatic rings.